The lowest BCUT2D eigenvalue weighted by atomic mass is 9.75. The molecule has 0 N–H and O–H groups in total. The van der Waals surface area contributed by atoms with Gasteiger partial charge in [-0.1, -0.05) is 77.1 Å². The molecule has 0 aliphatic heterocycles. The third-order valence-corrected chi connectivity index (χ3v) is 17.7. The number of aromatic nitrogens is 8. The second-order valence-electron chi connectivity index (χ2n) is 20.6. The molecule has 0 saturated heterocycles. The summed E-state index contributed by atoms with van der Waals surface area (Å²) in [7, 11) is -2.31. The van der Waals surface area contributed by atoms with Crippen molar-refractivity contribution in [3.63, 3.8) is 0 Å². The van der Waals surface area contributed by atoms with Crippen LogP contribution in [0.4, 0.5) is 5.82 Å². The third kappa shape index (κ3) is 13.5. The second kappa shape index (κ2) is 22.1. The van der Waals surface area contributed by atoms with E-state index in [1.54, 1.807) is 18.0 Å². The molecule has 0 radical (unpaired) electrons. The summed E-state index contributed by atoms with van der Waals surface area (Å²) in [4.78, 5) is 22.3. The molecule has 4 aromatic heterocycles. The van der Waals surface area contributed by atoms with Gasteiger partial charge in [0.1, 0.15) is 32.1 Å². The van der Waals surface area contributed by atoms with Crippen LogP contribution in [0.5, 0.6) is 0 Å². The van der Waals surface area contributed by atoms with Gasteiger partial charge in [0, 0.05) is 74.4 Å². The number of methoxy groups -OCH3 is 1. The van der Waals surface area contributed by atoms with Crippen molar-refractivity contribution >= 4 is 64.1 Å². The number of ketones is 1. The highest BCUT2D eigenvalue weighted by Crippen LogP contribution is 2.44. The number of carbonyl (C=O) groups excluding carboxylic acids is 1. The number of fused-ring (bicyclic) bond motifs is 1. The number of hydrogen-bond acceptors (Lipinski definition) is 12. The van der Waals surface area contributed by atoms with Crippen molar-refractivity contribution in [2.75, 3.05) is 58.5 Å². The number of para-hydroxylation sites is 1. The molecule has 15 nitrogen and oxygen atoms in total. The standard InChI is InChI=1S/C45H70IN9O6Si3/c1-57-20-21-61-45(41(56)43-51-47-31-52(43)32-58-22-25-62(2,3)4)18-16-35(17-19-45)40-39(46)44(53(33-59-23-26-63(5,6)7)34-60-24-27-64(8,9)10)55-42(50-40)38(29-49-55)36-28-48-54(30-36)37-14-12-11-13-15-37/h11-15,28-31,35H,16-27,32-34H2,1-10H3. The van der Waals surface area contributed by atoms with Gasteiger partial charge in [-0.3, -0.25) is 9.36 Å². The van der Waals surface area contributed by atoms with Gasteiger partial charge < -0.3 is 28.6 Å². The smallest absolute Gasteiger partial charge is 0.231 e. The number of nitrogens with zero attached hydrogens (tertiary/aromatic N) is 9. The first-order chi connectivity index (χ1) is 30.4. The van der Waals surface area contributed by atoms with Gasteiger partial charge >= 0.3 is 0 Å². The van der Waals surface area contributed by atoms with Crippen molar-refractivity contribution in [2.45, 2.75) is 121 Å². The maximum Gasteiger partial charge on any atom is 0.231 e. The monoisotopic (exact) mass is 1040 g/mol. The van der Waals surface area contributed by atoms with E-state index in [0.29, 0.717) is 65.6 Å². The third-order valence-electron chi connectivity index (χ3n) is 11.6. The molecule has 1 saturated carbocycles. The molecule has 1 fully saturated rings. The maximum absolute atomic E-state index is 14.7. The summed E-state index contributed by atoms with van der Waals surface area (Å²) >= 11 is 2.45. The average molecular weight is 1040 g/mol. The summed E-state index contributed by atoms with van der Waals surface area (Å²) in [5.74, 6) is 0.953. The minimum absolute atomic E-state index is 0.0163. The van der Waals surface area contributed by atoms with Crippen LogP contribution in [0, 0.1) is 3.57 Å². The number of ether oxygens (including phenoxy) is 5. The van der Waals surface area contributed by atoms with Crippen LogP contribution in [-0.2, 0) is 30.4 Å². The quantitative estimate of drug-likeness (QED) is 0.0181. The van der Waals surface area contributed by atoms with Crippen molar-refractivity contribution in [1.82, 2.24) is 39.1 Å². The fourth-order valence-electron chi connectivity index (χ4n) is 7.56. The molecular formula is C45H70IN9O6Si3. The first-order valence-electron chi connectivity index (χ1n) is 22.6. The molecule has 0 amide bonds. The lowest BCUT2D eigenvalue weighted by Gasteiger charge is -2.39. The zero-order chi connectivity index (χ0) is 46.1. The predicted octanol–water partition coefficient (Wildman–Crippen LogP) is 9.46. The second-order valence-corrected chi connectivity index (χ2v) is 38.5. The highest BCUT2D eigenvalue weighted by atomic mass is 127. The lowest BCUT2D eigenvalue weighted by Crippen LogP contribution is -2.46. The van der Waals surface area contributed by atoms with Crippen molar-refractivity contribution in [2.24, 2.45) is 0 Å². The molecule has 0 atom stereocenters. The summed E-state index contributed by atoms with van der Waals surface area (Å²) in [6.45, 7) is 24.6. The normalized spacial score (nSPS) is 17.4. The zero-order valence-electron chi connectivity index (χ0n) is 39.7. The van der Waals surface area contributed by atoms with Gasteiger partial charge in [-0.15, -0.1) is 10.2 Å². The number of benzene rings is 1. The van der Waals surface area contributed by atoms with E-state index in [4.69, 9.17) is 38.9 Å². The van der Waals surface area contributed by atoms with E-state index in [1.165, 1.54) is 0 Å². The Morgan fingerprint density at radius 1 is 0.828 bits per heavy atom. The van der Waals surface area contributed by atoms with Gasteiger partial charge in [-0.25, -0.2) is 9.67 Å². The highest BCUT2D eigenvalue weighted by Gasteiger charge is 2.46. The van der Waals surface area contributed by atoms with E-state index in [2.05, 4.69) is 96.6 Å². The fraction of sp³-hybridized carbons (Fsp3) is 0.600. The molecule has 1 aliphatic carbocycles. The van der Waals surface area contributed by atoms with E-state index in [1.807, 2.05) is 58.1 Å². The topological polar surface area (TPSA) is 145 Å². The molecule has 5 aromatic rings. The summed E-state index contributed by atoms with van der Waals surface area (Å²) in [6.07, 6.45) is 9.61. The van der Waals surface area contributed by atoms with E-state index >= 15 is 0 Å². The summed E-state index contributed by atoms with van der Waals surface area (Å²) < 4.78 is 37.4. The number of hydrogen-bond donors (Lipinski definition) is 0. The molecule has 0 unspecified atom stereocenters. The van der Waals surface area contributed by atoms with Crippen LogP contribution in [0.2, 0.25) is 77.1 Å². The van der Waals surface area contributed by atoms with Crippen LogP contribution in [0.1, 0.15) is 47.9 Å². The van der Waals surface area contributed by atoms with Crippen LogP contribution in [0.3, 0.4) is 0 Å². The largest absolute Gasteiger partial charge is 0.382 e. The van der Waals surface area contributed by atoms with E-state index in [9.17, 15) is 4.79 Å². The van der Waals surface area contributed by atoms with Gasteiger partial charge in [0.15, 0.2) is 11.5 Å². The van der Waals surface area contributed by atoms with Crippen molar-refractivity contribution < 1.29 is 28.5 Å². The summed E-state index contributed by atoms with van der Waals surface area (Å²) in [5.41, 5.74) is 3.30. The minimum Gasteiger partial charge on any atom is -0.382 e. The Morgan fingerprint density at radius 3 is 2.06 bits per heavy atom. The Hall–Kier alpha value is -3.16. The lowest BCUT2D eigenvalue weighted by molar-refractivity contribution is -0.0640. The van der Waals surface area contributed by atoms with Crippen LogP contribution >= 0.6 is 22.6 Å². The van der Waals surface area contributed by atoms with Crippen LogP contribution in [0.25, 0.3) is 22.5 Å². The number of anilines is 1. The summed E-state index contributed by atoms with van der Waals surface area (Å²) in [6, 6.07) is 13.2. The first kappa shape index (κ1) is 50.3. The van der Waals surface area contributed by atoms with Gasteiger partial charge in [0.2, 0.25) is 11.6 Å². The molecule has 19 heteroatoms. The molecule has 0 spiro atoms. The Morgan fingerprint density at radius 2 is 1.45 bits per heavy atom. The molecule has 350 valence electrons. The average Bonchev–Trinajstić information content (AvgIpc) is 4.02. The van der Waals surface area contributed by atoms with E-state index in [-0.39, 0.29) is 30.9 Å². The van der Waals surface area contributed by atoms with Crippen LogP contribution in [-0.4, -0.2) is 128 Å². The molecule has 0 bridgehead atoms. The number of Topliss-reactive ketones (excluding diaryl/α,β-unsaturated/α-hetero) is 1. The van der Waals surface area contributed by atoms with Gasteiger partial charge in [-0.05, 0) is 78.5 Å². The summed E-state index contributed by atoms with van der Waals surface area (Å²) in [5, 5.41) is 18.2. The Labute approximate surface area is 396 Å². The Balaban J connectivity index is 1.36. The number of carbonyl (C=O) groups is 1. The van der Waals surface area contributed by atoms with Crippen LogP contribution < -0.4 is 4.90 Å². The molecular weight excluding hydrogens is 974 g/mol. The Bertz CT molecular complexity index is 2240. The van der Waals surface area contributed by atoms with Crippen molar-refractivity contribution in [3.05, 3.63) is 70.3 Å². The predicted molar refractivity (Wildman–Crippen MR) is 269 cm³/mol. The molecule has 1 aromatic carbocycles. The van der Waals surface area contributed by atoms with E-state index in [0.717, 1.165) is 55.7 Å². The minimum atomic E-state index is -1.33. The molecule has 1 aliphatic rings. The highest BCUT2D eigenvalue weighted by molar-refractivity contribution is 14.1. The molecule has 64 heavy (non-hydrogen) atoms. The SMILES string of the molecule is COCCOC1(C(=O)c2nncn2COCC[Si](C)(C)C)CCC(c2nc3c(-c4cnn(-c5ccccc5)c4)cnn3c(N(COCC[Si](C)(C)C)COCC[Si](C)(C)C)c2I)CC1. The zero-order valence-corrected chi connectivity index (χ0v) is 44.9. The molecule has 6 rings (SSSR count). The number of halogens is 1. The maximum atomic E-state index is 14.7. The fourth-order valence-corrected chi connectivity index (χ4v) is 11.0. The van der Waals surface area contributed by atoms with Gasteiger partial charge in [0.25, 0.3) is 0 Å². The van der Waals surface area contributed by atoms with Crippen molar-refractivity contribution in [1.29, 1.82) is 0 Å². The van der Waals surface area contributed by atoms with Gasteiger partial charge in [0.05, 0.1) is 40.6 Å². The Kier molecular flexibility index (Phi) is 17.3. The van der Waals surface area contributed by atoms with Crippen molar-refractivity contribution in [3.8, 4) is 16.8 Å². The first-order valence-corrected chi connectivity index (χ1v) is 34.8. The van der Waals surface area contributed by atoms with Gasteiger partial charge in [-0.2, -0.15) is 14.7 Å². The number of rotatable bonds is 25. The van der Waals surface area contributed by atoms with Crippen LogP contribution in [0.15, 0.2) is 55.2 Å². The van der Waals surface area contributed by atoms with E-state index < -0.39 is 29.8 Å². The molecule has 4 heterocycles.